The molecule has 0 bridgehead atoms. The smallest absolute Gasteiger partial charge is 0.221 e. The Morgan fingerprint density at radius 1 is 1.41 bits per heavy atom. The minimum absolute atomic E-state index is 0.283. The molecule has 0 aliphatic carbocycles. The predicted octanol–water partition coefficient (Wildman–Crippen LogP) is 2.02. The van der Waals surface area contributed by atoms with Crippen LogP contribution in [-0.2, 0) is 11.2 Å². The number of thioether (sulfide) groups is 1. The van der Waals surface area contributed by atoms with E-state index in [1.807, 2.05) is 36.0 Å². The molecule has 4 heteroatoms. The molecule has 0 radical (unpaired) electrons. The van der Waals surface area contributed by atoms with Gasteiger partial charge in [-0.15, -0.1) is 0 Å². The van der Waals surface area contributed by atoms with Gasteiger partial charge in [0.05, 0.1) is 6.42 Å². The van der Waals surface area contributed by atoms with Gasteiger partial charge in [0.25, 0.3) is 0 Å². The lowest BCUT2D eigenvalue weighted by molar-refractivity contribution is -0.117. The number of nitrogens with one attached hydrogen (secondary N) is 1. The van der Waals surface area contributed by atoms with Crippen LogP contribution in [0.5, 0.6) is 0 Å². The number of benzene rings is 1. The van der Waals surface area contributed by atoms with E-state index >= 15 is 0 Å². The fourth-order valence-electron chi connectivity index (χ4n) is 2.01. The standard InChI is InChI=1S/C13H18N2OS/c14-13(16)8-10-3-5-11(6-4-10)15-12-2-1-7-17-9-12/h3-6,12,15H,1-2,7-9H2,(H2,14,16). The van der Waals surface area contributed by atoms with Crippen LogP contribution in [0.4, 0.5) is 5.69 Å². The fourth-order valence-corrected chi connectivity index (χ4v) is 3.08. The van der Waals surface area contributed by atoms with E-state index in [1.165, 1.54) is 24.3 Å². The van der Waals surface area contributed by atoms with Crippen LogP contribution in [-0.4, -0.2) is 23.5 Å². The maximum absolute atomic E-state index is 10.8. The van der Waals surface area contributed by atoms with Gasteiger partial charge in [-0.05, 0) is 36.3 Å². The molecule has 1 heterocycles. The van der Waals surface area contributed by atoms with Crippen molar-refractivity contribution in [1.82, 2.24) is 0 Å². The molecule has 1 saturated heterocycles. The number of primary amides is 1. The first-order chi connectivity index (χ1) is 8.24. The summed E-state index contributed by atoms with van der Waals surface area (Å²) in [5.74, 6) is 2.19. The molecule has 1 atom stereocenters. The second-order valence-corrected chi connectivity index (χ2v) is 5.55. The first kappa shape index (κ1) is 12.3. The van der Waals surface area contributed by atoms with Crippen molar-refractivity contribution in [2.75, 3.05) is 16.8 Å². The summed E-state index contributed by atoms with van der Waals surface area (Å²) in [6.45, 7) is 0. The number of rotatable bonds is 4. The molecule has 92 valence electrons. The van der Waals surface area contributed by atoms with Crippen LogP contribution in [0, 0.1) is 0 Å². The third-order valence-electron chi connectivity index (χ3n) is 2.86. The number of carbonyl (C=O) groups excluding carboxylic acids is 1. The van der Waals surface area contributed by atoms with Crippen molar-refractivity contribution in [3.8, 4) is 0 Å². The summed E-state index contributed by atoms with van der Waals surface area (Å²) >= 11 is 2.01. The topological polar surface area (TPSA) is 55.1 Å². The van der Waals surface area contributed by atoms with E-state index in [0.717, 1.165) is 11.3 Å². The Labute approximate surface area is 106 Å². The summed E-state index contributed by atoms with van der Waals surface area (Å²) in [5.41, 5.74) is 7.26. The van der Waals surface area contributed by atoms with Crippen LogP contribution >= 0.6 is 11.8 Å². The Balaban J connectivity index is 1.90. The van der Waals surface area contributed by atoms with Crippen molar-refractivity contribution in [3.05, 3.63) is 29.8 Å². The molecule has 1 amide bonds. The van der Waals surface area contributed by atoms with Gasteiger partial charge in [-0.1, -0.05) is 12.1 Å². The number of hydrogen-bond acceptors (Lipinski definition) is 3. The maximum atomic E-state index is 10.8. The first-order valence-corrected chi connectivity index (χ1v) is 7.11. The summed E-state index contributed by atoms with van der Waals surface area (Å²) in [7, 11) is 0. The van der Waals surface area contributed by atoms with Crippen LogP contribution in [0.25, 0.3) is 0 Å². The minimum Gasteiger partial charge on any atom is -0.381 e. The lowest BCUT2D eigenvalue weighted by atomic mass is 10.1. The molecular formula is C13H18N2OS. The van der Waals surface area contributed by atoms with E-state index in [9.17, 15) is 4.79 Å². The number of amides is 1. The van der Waals surface area contributed by atoms with Gasteiger partial charge in [-0.25, -0.2) is 0 Å². The van der Waals surface area contributed by atoms with Gasteiger partial charge in [0.2, 0.25) is 5.91 Å². The minimum atomic E-state index is -0.283. The second-order valence-electron chi connectivity index (χ2n) is 4.40. The van der Waals surface area contributed by atoms with Gasteiger partial charge in [0, 0.05) is 17.5 Å². The molecule has 0 spiro atoms. The molecule has 1 unspecified atom stereocenters. The molecule has 0 aromatic heterocycles. The van der Waals surface area contributed by atoms with E-state index in [0.29, 0.717) is 12.5 Å². The normalized spacial score (nSPS) is 19.9. The molecule has 1 aliphatic heterocycles. The largest absolute Gasteiger partial charge is 0.381 e. The molecule has 17 heavy (non-hydrogen) atoms. The van der Waals surface area contributed by atoms with Crippen molar-refractivity contribution in [2.45, 2.75) is 25.3 Å². The zero-order valence-corrected chi connectivity index (χ0v) is 10.6. The third kappa shape index (κ3) is 3.97. The van der Waals surface area contributed by atoms with Crippen molar-refractivity contribution in [3.63, 3.8) is 0 Å². The van der Waals surface area contributed by atoms with E-state index in [2.05, 4.69) is 5.32 Å². The second kappa shape index (κ2) is 5.96. The van der Waals surface area contributed by atoms with Crippen molar-refractivity contribution >= 4 is 23.4 Å². The number of hydrogen-bond donors (Lipinski definition) is 2. The summed E-state index contributed by atoms with van der Waals surface area (Å²) in [4.78, 5) is 10.8. The van der Waals surface area contributed by atoms with Crippen molar-refractivity contribution < 1.29 is 4.79 Å². The quantitative estimate of drug-likeness (QED) is 0.859. The van der Waals surface area contributed by atoms with Gasteiger partial charge in [0.15, 0.2) is 0 Å². The highest BCUT2D eigenvalue weighted by Crippen LogP contribution is 2.21. The van der Waals surface area contributed by atoms with Gasteiger partial charge in [-0.3, -0.25) is 4.79 Å². The molecule has 1 aliphatic rings. The molecule has 1 aromatic rings. The predicted molar refractivity (Wildman–Crippen MR) is 73.3 cm³/mol. The maximum Gasteiger partial charge on any atom is 0.221 e. The van der Waals surface area contributed by atoms with Gasteiger partial charge in [-0.2, -0.15) is 11.8 Å². The van der Waals surface area contributed by atoms with Crippen LogP contribution in [0.15, 0.2) is 24.3 Å². The highest BCUT2D eigenvalue weighted by atomic mass is 32.2. The average molecular weight is 250 g/mol. The summed E-state index contributed by atoms with van der Waals surface area (Å²) in [5, 5.41) is 3.52. The molecular weight excluding hydrogens is 232 g/mol. The van der Waals surface area contributed by atoms with Crippen LogP contribution < -0.4 is 11.1 Å². The van der Waals surface area contributed by atoms with Crippen LogP contribution in [0.3, 0.4) is 0 Å². The molecule has 1 fully saturated rings. The van der Waals surface area contributed by atoms with Gasteiger partial charge < -0.3 is 11.1 Å². The molecule has 1 aromatic carbocycles. The Morgan fingerprint density at radius 2 is 2.18 bits per heavy atom. The van der Waals surface area contributed by atoms with Crippen molar-refractivity contribution in [1.29, 1.82) is 0 Å². The van der Waals surface area contributed by atoms with E-state index in [-0.39, 0.29) is 5.91 Å². The third-order valence-corrected chi connectivity index (χ3v) is 4.08. The highest BCUT2D eigenvalue weighted by molar-refractivity contribution is 7.99. The SMILES string of the molecule is NC(=O)Cc1ccc(NC2CCCSC2)cc1. The lowest BCUT2D eigenvalue weighted by Gasteiger charge is -2.23. The Bertz CT molecular complexity index is 372. The van der Waals surface area contributed by atoms with Gasteiger partial charge >= 0.3 is 0 Å². The van der Waals surface area contributed by atoms with Crippen molar-refractivity contribution in [2.24, 2.45) is 5.73 Å². The Hall–Kier alpha value is -1.16. The molecule has 0 saturated carbocycles. The first-order valence-electron chi connectivity index (χ1n) is 5.95. The highest BCUT2D eigenvalue weighted by Gasteiger charge is 2.12. The van der Waals surface area contributed by atoms with Crippen LogP contribution in [0.1, 0.15) is 18.4 Å². The molecule has 2 rings (SSSR count). The average Bonchev–Trinajstić information content (AvgIpc) is 2.32. The lowest BCUT2D eigenvalue weighted by Crippen LogP contribution is -2.25. The summed E-state index contributed by atoms with van der Waals surface area (Å²) in [6, 6.07) is 8.55. The van der Waals surface area contributed by atoms with Gasteiger partial charge in [0.1, 0.15) is 0 Å². The van der Waals surface area contributed by atoms with E-state index < -0.39 is 0 Å². The number of anilines is 1. The molecule has 3 nitrogen and oxygen atoms in total. The summed E-state index contributed by atoms with van der Waals surface area (Å²) in [6.07, 6.45) is 2.86. The molecule has 3 N–H and O–H groups in total. The monoisotopic (exact) mass is 250 g/mol. The van der Waals surface area contributed by atoms with E-state index in [4.69, 9.17) is 5.73 Å². The summed E-state index contributed by atoms with van der Waals surface area (Å²) < 4.78 is 0. The van der Waals surface area contributed by atoms with Crippen LogP contribution in [0.2, 0.25) is 0 Å². The zero-order valence-electron chi connectivity index (χ0n) is 9.82. The Kier molecular flexibility index (Phi) is 4.31. The fraction of sp³-hybridized carbons (Fsp3) is 0.462. The van der Waals surface area contributed by atoms with E-state index in [1.54, 1.807) is 0 Å². The zero-order chi connectivity index (χ0) is 12.1. The number of carbonyl (C=O) groups is 1. The Morgan fingerprint density at radius 3 is 2.76 bits per heavy atom. The number of nitrogens with two attached hydrogens (primary N) is 1.